The molecule has 0 bridgehead atoms. The van der Waals surface area contributed by atoms with Gasteiger partial charge in [-0.25, -0.2) is 15.0 Å². The van der Waals surface area contributed by atoms with E-state index in [4.69, 9.17) is 24.9 Å². The van der Waals surface area contributed by atoms with Crippen molar-refractivity contribution in [3.05, 3.63) is 425 Å². The van der Waals surface area contributed by atoms with Crippen LogP contribution in [0.4, 0.5) is 0 Å². The van der Waals surface area contributed by atoms with Gasteiger partial charge >= 0.3 is 0 Å². The van der Waals surface area contributed by atoms with Gasteiger partial charge in [0.15, 0.2) is 17.5 Å². The number of nitrogens with zero attached hydrogens (tertiary/aromatic N) is 8. The Morgan fingerprint density at radius 1 is 0.171 bits per heavy atom. The molecule has 0 radical (unpaired) electrons. The topological polar surface area (TPSA) is 79.2 Å². The molecule has 594 valence electrons. The Bertz CT molecular complexity index is 9510. The maximum atomic E-state index is 5.38. The molecule has 0 amide bonds. The predicted octanol–water partition coefficient (Wildman–Crippen LogP) is 31.6. The third-order valence-electron chi connectivity index (χ3n) is 27.5. The monoisotopic (exact) mass is 1630 g/mol. The maximum Gasteiger partial charge on any atom is 0.238 e. The highest BCUT2D eigenvalue weighted by molar-refractivity contribution is 6.39. The van der Waals surface area contributed by atoms with Gasteiger partial charge in [-0.2, -0.15) is 9.97 Å². The van der Waals surface area contributed by atoms with E-state index in [0.717, 1.165) is 61.3 Å². The molecule has 0 unspecified atom stereocenters. The van der Waals surface area contributed by atoms with Crippen molar-refractivity contribution in [3.63, 3.8) is 0 Å². The quantitative estimate of drug-likeness (QED) is 0.155. The summed E-state index contributed by atoms with van der Waals surface area (Å²) in [6.45, 7) is 0. The van der Waals surface area contributed by atoms with Gasteiger partial charge in [0.2, 0.25) is 5.95 Å². The Labute approximate surface area is 739 Å². The fraction of sp³-hybridized carbons (Fsp3) is 0. The van der Waals surface area contributed by atoms with Crippen LogP contribution in [-0.2, 0) is 0 Å². The van der Waals surface area contributed by atoms with Crippen LogP contribution in [0.2, 0.25) is 0 Å². The zero-order valence-corrected chi connectivity index (χ0v) is 69.5. The number of hydrogen-bond donors (Lipinski definition) is 0. The van der Waals surface area contributed by atoms with Crippen molar-refractivity contribution in [3.8, 4) is 118 Å². The predicted molar refractivity (Wildman–Crippen MR) is 538 cm³/mol. The molecule has 0 saturated heterocycles. The molecule has 27 aromatic rings. The minimum atomic E-state index is 0.603. The van der Waals surface area contributed by atoms with E-state index < -0.39 is 0 Å². The maximum absolute atomic E-state index is 5.38. The molecule has 0 atom stereocenters. The van der Waals surface area contributed by atoms with Crippen LogP contribution in [0.15, 0.2) is 425 Å². The molecule has 0 aliphatic heterocycles. The van der Waals surface area contributed by atoms with E-state index in [1.807, 2.05) is 54.6 Å². The Kier molecular flexibility index (Phi) is 15.2. The van der Waals surface area contributed by atoms with Crippen LogP contribution in [0, 0.1) is 0 Å². The van der Waals surface area contributed by atoms with Crippen molar-refractivity contribution >= 4 is 163 Å². The summed E-state index contributed by atoms with van der Waals surface area (Å²) >= 11 is 0. The zero-order chi connectivity index (χ0) is 84.2. The summed E-state index contributed by atoms with van der Waals surface area (Å²) in [5.74, 6) is 2.73. The van der Waals surface area contributed by atoms with E-state index in [-0.39, 0.29) is 0 Å². The van der Waals surface area contributed by atoms with Crippen LogP contribution in [0.3, 0.4) is 0 Å². The number of hydrogen-bond acceptors (Lipinski definition) is 5. The summed E-state index contributed by atoms with van der Waals surface area (Å²) in [7, 11) is 0. The van der Waals surface area contributed by atoms with Crippen LogP contribution in [0.25, 0.3) is 281 Å². The second-order valence-corrected chi connectivity index (χ2v) is 34.2. The summed E-state index contributed by atoms with van der Waals surface area (Å²) in [5.41, 5.74) is 29.2. The Morgan fingerprint density at radius 2 is 0.519 bits per heavy atom. The van der Waals surface area contributed by atoms with Crippen molar-refractivity contribution in [1.82, 2.24) is 38.6 Å². The molecule has 8 nitrogen and oxygen atoms in total. The Hall–Kier alpha value is -17.3. The van der Waals surface area contributed by atoms with Crippen LogP contribution < -0.4 is 0 Å². The molecule has 0 N–H and O–H groups in total. The smallest absolute Gasteiger partial charge is 0.238 e. The molecule has 3 aliphatic carbocycles. The van der Waals surface area contributed by atoms with Gasteiger partial charge in [0.1, 0.15) is 5.69 Å². The molecule has 22 aromatic carbocycles. The third-order valence-corrected chi connectivity index (χ3v) is 27.5. The number of rotatable bonds is 6. The summed E-state index contributed by atoms with van der Waals surface area (Å²) in [6, 6.07) is 153. The van der Waals surface area contributed by atoms with Gasteiger partial charge in [-0.3, -0.25) is 9.13 Å². The molecular formula is C121H70N8. The van der Waals surface area contributed by atoms with Gasteiger partial charge < -0.3 is 4.57 Å². The average Bonchev–Trinajstić information content (AvgIpc) is 1.54. The van der Waals surface area contributed by atoms with Gasteiger partial charge in [-0.15, -0.1) is 0 Å². The van der Waals surface area contributed by atoms with Crippen molar-refractivity contribution in [2.24, 2.45) is 0 Å². The highest BCUT2D eigenvalue weighted by atomic mass is 15.2. The van der Waals surface area contributed by atoms with Crippen molar-refractivity contribution in [2.45, 2.75) is 0 Å². The van der Waals surface area contributed by atoms with E-state index >= 15 is 0 Å². The lowest BCUT2D eigenvalue weighted by Gasteiger charge is -2.19. The summed E-state index contributed by atoms with van der Waals surface area (Å²) < 4.78 is 7.04. The molecular weight excluding hydrogens is 1570 g/mol. The fourth-order valence-corrected chi connectivity index (χ4v) is 22.4. The fourth-order valence-electron chi connectivity index (χ4n) is 22.4. The van der Waals surface area contributed by atoms with E-state index in [2.05, 4.69) is 384 Å². The third kappa shape index (κ3) is 10.3. The first-order valence-electron chi connectivity index (χ1n) is 44.2. The van der Waals surface area contributed by atoms with Crippen LogP contribution in [-0.4, -0.2) is 38.6 Å². The molecule has 0 saturated carbocycles. The lowest BCUT2D eigenvalue weighted by Crippen LogP contribution is -2.06. The second kappa shape index (κ2) is 27.6. The normalized spacial score (nSPS) is 12.2. The van der Waals surface area contributed by atoms with Gasteiger partial charge in [-0.05, 0) is 214 Å². The molecule has 30 rings (SSSR count). The molecule has 0 spiro atoms. The first-order chi connectivity index (χ1) is 64.1. The minimum absolute atomic E-state index is 0.603. The Balaban J connectivity index is 0.0000000995. The highest BCUT2D eigenvalue weighted by Crippen LogP contribution is 2.58. The summed E-state index contributed by atoms with van der Waals surface area (Å²) in [5, 5.41) is 28.2. The van der Waals surface area contributed by atoms with E-state index in [1.165, 1.54) is 202 Å². The van der Waals surface area contributed by atoms with Crippen molar-refractivity contribution in [1.29, 1.82) is 0 Å². The van der Waals surface area contributed by atoms with E-state index in [0.29, 0.717) is 17.6 Å². The molecule has 3 aliphatic rings. The van der Waals surface area contributed by atoms with Crippen molar-refractivity contribution < 1.29 is 0 Å². The van der Waals surface area contributed by atoms with E-state index in [1.54, 1.807) is 0 Å². The number of benzene rings is 22. The van der Waals surface area contributed by atoms with Crippen molar-refractivity contribution in [2.75, 3.05) is 0 Å². The molecule has 5 aromatic heterocycles. The second-order valence-electron chi connectivity index (χ2n) is 34.2. The summed E-state index contributed by atoms with van der Waals surface area (Å²) in [4.78, 5) is 26.0. The van der Waals surface area contributed by atoms with Crippen LogP contribution >= 0.6 is 0 Å². The van der Waals surface area contributed by atoms with Gasteiger partial charge in [0, 0.05) is 60.1 Å². The number of fused-ring (bicyclic) bond motifs is 22. The van der Waals surface area contributed by atoms with Gasteiger partial charge in [-0.1, -0.05) is 358 Å². The molecule has 5 heterocycles. The SMILES string of the molecule is c1ccc(-c2nc(-c3ccccc3)nc(-n3c4cccc5c4c4c6c(cccc6ccc43)-c3c-5c4ccccc4c4ccccc34)n2)cc1.c1ccc(-c2nc3ccccc3nc2-n2c3cccc4c3c3c5c(cccc5ccc32)-c2c-4c3ccccc3c3ccccc23)cc1.c1ccc(-n2c3cccc4c3c3c5c(cc6ccccc6c5ccc32)-c2ccccc2-4)cc1. The van der Waals surface area contributed by atoms with Gasteiger partial charge in [0.05, 0.1) is 44.1 Å². The molecule has 0 fully saturated rings. The average molecular weight is 1640 g/mol. The van der Waals surface area contributed by atoms with Crippen LogP contribution in [0.1, 0.15) is 0 Å². The lowest BCUT2D eigenvalue weighted by molar-refractivity contribution is 0.953. The first kappa shape index (κ1) is 71.1. The first-order valence-corrected chi connectivity index (χ1v) is 44.2. The minimum Gasteiger partial charge on any atom is -0.309 e. The molecule has 129 heavy (non-hydrogen) atoms. The lowest BCUT2D eigenvalue weighted by atomic mass is 9.84. The highest BCUT2D eigenvalue weighted by Gasteiger charge is 2.34. The van der Waals surface area contributed by atoms with Crippen LogP contribution in [0.5, 0.6) is 0 Å². The molecule has 8 heteroatoms. The Morgan fingerprint density at radius 3 is 1.05 bits per heavy atom. The largest absolute Gasteiger partial charge is 0.309 e. The van der Waals surface area contributed by atoms with Gasteiger partial charge in [0.25, 0.3) is 0 Å². The summed E-state index contributed by atoms with van der Waals surface area (Å²) in [6.07, 6.45) is 0. The standard InChI is InChI=1S/C45H26N4.C44H25N3.C32H19N/c1-3-13-28(14-4-1)43-46-44(29-15-5-2-6-16-29)48-45(47-43)49-36-24-12-23-35-40-33-21-10-8-19-31(33)30-18-7-9-20-32(30)39(40)34-22-11-17-27-25-26-37(49)42(38(27)34)41(35)36;1-2-12-27(13-3-1)43-44(46-35-22-9-8-21-34(35)45-43)47-36-23-11-20-33-40-31-18-7-5-16-29(31)28-15-4-6-17-30(28)39(40)32-19-10-14-26-24-25-37(47)42(38(26)32)41(33)36;1-2-10-21(11-3-1)33-28-16-8-15-25-23-13-6-7-14-24(23)27-19-20-9-4-5-12-22(20)26-17-18-29(33)32(30(26)27)31(25)28/h1-26H;1-25H;1-19H. The zero-order valence-electron chi connectivity index (χ0n) is 69.5. The number of aromatic nitrogens is 8. The van der Waals surface area contributed by atoms with E-state index in [9.17, 15) is 0 Å². The number of para-hydroxylation sites is 3.